The Morgan fingerprint density at radius 2 is 1.71 bits per heavy atom. The minimum Gasteiger partial charge on any atom is -0.370 e. The van der Waals surface area contributed by atoms with Crippen molar-refractivity contribution in [3.05, 3.63) is 76.4 Å². The van der Waals surface area contributed by atoms with Crippen molar-refractivity contribution in [3.8, 4) is 0 Å². The zero-order chi connectivity index (χ0) is 16.8. The van der Waals surface area contributed by atoms with Crippen molar-refractivity contribution in [1.29, 1.82) is 0 Å². The van der Waals surface area contributed by atoms with Gasteiger partial charge in [-0.2, -0.15) is 4.98 Å². The third-order valence-electron chi connectivity index (χ3n) is 3.41. The lowest BCUT2D eigenvalue weighted by Gasteiger charge is -2.09. The molecule has 1 heterocycles. The molecule has 0 aliphatic carbocycles. The molecule has 3 rings (SSSR count). The largest absolute Gasteiger partial charge is 0.370 e. The van der Waals surface area contributed by atoms with Crippen LogP contribution in [0.15, 0.2) is 60.8 Å². The highest BCUT2D eigenvalue weighted by Crippen LogP contribution is 2.23. The lowest BCUT2D eigenvalue weighted by atomic mass is 10.1. The Morgan fingerprint density at radius 3 is 2.50 bits per heavy atom. The number of anilines is 3. The minimum atomic E-state index is 0.500. The molecule has 0 aliphatic rings. The van der Waals surface area contributed by atoms with Crippen LogP contribution in [0.3, 0.4) is 0 Å². The molecule has 0 saturated heterocycles. The number of nitrogens with zero attached hydrogens (tertiary/aromatic N) is 2. The second-order valence-electron chi connectivity index (χ2n) is 5.17. The first kappa shape index (κ1) is 16.6. The smallest absolute Gasteiger partial charge is 0.229 e. The fraction of sp³-hybridized carbons (Fsp3) is 0.111. The maximum absolute atomic E-state index is 6.13. The third-order valence-corrected chi connectivity index (χ3v) is 3.99. The van der Waals surface area contributed by atoms with Crippen molar-refractivity contribution in [1.82, 2.24) is 9.97 Å². The van der Waals surface area contributed by atoms with E-state index < -0.39 is 0 Å². The number of hydrogen-bond donors (Lipinski definition) is 2. The molecule has 4 nitrogen and oxygen atoms in total. The SMILES string of the molecule is Clc1ccc(CCNc2ccnc(Nc3ccccc3Cl)n2)cc1. The molecule has 1 aromatic heterocycles. The molecule has 0 spiro atoms. The molecule has 2 N–H and O–H groups in total. The summed E-state index contributed by atoms with van der Waals surface area (Å²) in [5, 5.41) is 7.78. The molecular formula is C18H16Cl2N4. The molecule has 3 aromatic rings. The second-order valence-corrected chi connectivity index (χ2v) is 6.02. The molecule has 0 atom stereocenters. The number of benzene rings is 2. The molecule has 0 unspecified atom stereocenters. The van der Waals surface area contributed by atoms with Crippen molar-refractivity contribution in [2.24, 2.45) is 0 Å². The highest BCUT2D eigenvalue weighted by atomic mass is 35.5. The summed E-state index contributed by atoms with van der Waals surface area (Å²) in [6.07, 6.45) is 2.59. The Hall–Kier alpha value is -2.30. The number of hydrogen-bond acceptors (Lipinski definition) is 4. The first-order valence-corrected chi connectivity index (χ1v) is 8.29. The Kier molecular flexibility index (Phi) is 5.51. The van der Waals surface area contributed by atoms with Crippen LogP contribution in [0.1, 0.15) is 5.56 Å². The molecule has 6 heteroatoms. The number of para-hydroxylation sites is 1. The van der Waals surface area contributed by atoms with Crippen LogP contribution in [0.4, 0.5) is 17.5 Å². The quantitative estimate of drug-likeness (QED) is 0.637. The molecule has 0 amide bonds. The van der Waals surface area contributed by atoms with Gasteiger partial charge < -0.3 is 10.6 Å². The summed E-state index contributed by atoms with van der Waals surface area (Å²) >= 11 is 12.0. The number of nitrogens with one attached hydrogen (secondary N) is 2. The summed E-state index contributed by atoms with van der Waals surface area (Å²) in [6, 6.07) is 17.2. The van der Waals surface area contributed by atoms with Crippen molar-refractivity contribution in [2.45, 2.75) is 6.42 Å². The number of halogens is 2. The Morgan fingerprint density at radius 1 is 0.917 bits per heavy atom. The Bertz CT molecular complexity index is 806. The molecule has 0 saturated carbocycles. The molecule has 122 valence electrons. The average molecular weight is 359 g/mol. The molecule has 0 radical (unpaired) electrons. The zero-order valence-corrected chi connectivity index (χ0v) is 14.3. The molecule has 24 heavy (non-hydrogen) atoms. The van der Waals surface area contributed by atoms with Gasteiger partial charge in [-0.3, -0.25) is 0 Å². The van der Waals surface area contributed by atoms with Crippen molar-refractivity contribution in [3.63, 3.8) is 0 Å². The van der Waals surface area contributed by atoms with Crippen LogP contribution >= 0.6 is 23.2 Å². The predicted molar refractivity (Wildman–Crippen MR) is 100 cm³/mol. The van der Waals surface area contributed by atoms with E-state index in [1.165, 1.54) is 5.56 Å². The van der Waals surface area contributed by atoms with Gasteiger partial charge in [0.05, 0.1) is 10.7 Å². The van der Waals surface area contributed by atoms with E-state index in [0.717, 1.165) is 29.5 Å². The van der Waals surface area contributed by atoms with Crippen molar-refractivity contribution >= 4 is 40.7 Å². The molecular weight excluding hydrogens is 343 g/mol. The molecule has 0 fully saturated rings. The van der Waals surface area contributed by atoms with Crippen LogP contribution < -0.4 is 10.6 Å². The highest BCUT2D eigenvalue weighted by Gasteiger charge is 2.03. The molecule has 0 bridgehead atoms. The van der Waals surface area contributed by atoms with Gasteiger partial charge in [-0.1, -0.05) is 47.5 Å². The van der Waals surface area contributed by atoms with Crippen molar-refractivity contribution < 1.29 is 0 Å². The Labute approximate surface area is 150 Å². The third kappa shape index (κ3) is 4.60. The van der Waals surface area contributed by atoms with Crippen LogP contribution in [0, 0.1) is 0 Å². The van der Waals surface area contributed by atoms with Crippen LogP contribution in [0.2, 0.25) is 10.0 Å². The lowest BCUT2D eigenvalue weighted by Crippen LogP contribution is -2.07. The summed E-state index contributed by atoms with van der Waals surface area (Å²) in [7, 11) is 0. The predicted octanol–water partition coefficient (Wildman–Crippen LogP) is 5.18. The van der Waals surface area contributed by atoms with Crippen LogP contribution in [-0.4, -0.2) is 16.5 Å². The normalized spacial score (nSPS) is 10.4. The standard InChI is InChI=1S/C18H16Cl2N4/c19-14-7-5-13(6-8-14)9-11-21-17-10-12-22-18(24-17)23-16-4-2-1-3-15(16)20/h1-8,10,12H,9,11H2,(H2,21,22,23,24). The van der Waals surface area contributed by atoms with Crippen LogP contribution in [0.5, 0.6) is 0 Å². The Balaban J connectivity index is 1.59. The molecule has 2 aromatic carbocycles. The first-order chi connectivity index (χ1) is 11.7. The number of rotatable bonds is 6. The summed E-state index contributed by atoms with van der Waals surface area (Å²) < 4.78 is 0. The van der Waals surface area contributed by atoms with Crippen molar-refractivity contribution in [2.75, 3.05) is 17.2 Å². The van der Waals surface area contributed by atoms with Gasteiger partial charge in [0, 0.05) is 17.8 Å². The van der Waals surface area contributed by atoms with E-state index >= 15 is 0 Å². The van der Waals surface area contributed by atoms with Crippen LogP contribution in [-0.2, 0) is 6.42 Å². The monoisotopic (exact) mass is 358 g/mol. The summed E-state index contributed by atoms with van der Waals surface area (Å²) in [5.41, 5.74) is 1.99. The minimum absolute atomic E-state index is 0.500. The summed E-state index contributed by atoms with van der Waals surface area (Å²) in [5.74, 6) is 1.26. The van der Waals surface area contributed by atoms with Gasteiger partial charge in [0.15, 0.2) is 0 Å². The van der Waals surface area contributed by atoms with Crippen LogP contribution in [0.25, 0.3) is 0 Å². The van der Waals surface area contributed by atoms with E-state index in [4.69, 9.17) is 23.2 Å². The maximum Gasteiger partial charge on any atom is 0.229 e. The summed E-state index contributed by atoms with van der Waals surface area (Å²) in [4.78, 5) is 8.66. The average Bonchev–Trinajstić information content (AvgIpc) is 2.59. The van der Waals surface area contributed by atoms with E-state index in [1.54, 1.807) is 6.20 Å². The topological polar surface area (TPSA) is 49.8 Å². The first-order valence-electron chi connectivity index (χ1n) is 7.53. The van der Waals surface area contributed by atoms with E-state index in [1.807, 2.05) is 54.6 Å². The van der Waals surface area contributed by atoms with E-state index in [0.29, 0.717) is 11.0 Å². The van der Waals surface area contributed by atoms with Gasteiger partial charge in [-0.15, -0.1) is 0 Å². The van der Waals surface area contributed by atoms with E-state index in [-0.39, 0.29) is 0 Å². The molecule has 0 aliphatic heterocycles. The highest BCUT2D eigenvalue weighted by molar-refractivity contribution is 6.33. The van der Waals surface area contributed by atoms with E-state index in [9.17, 15) is 0 Å². The number of aromatic nitrogens is 2. The zero-order valence-electron chi connectivity index (χ0n) is 12.8. The van der Waals surface area contributed by atoms with Gasteiger partial charge in [0.1, 0.15) is 5.82 Å². The summed E-state index contributed by atoms with van der Waals surface area (Å²) in [6.45, 7) is 0.768. The van der Waals surface area contributed by atoms with Gasteiger partial charge in [0.25, 0.3) is 0 Å². The van der Waals surface area contributed by atoms with E-state index in [2.05, 4.69) is 20.6 Å². The second kappa shape index (κ2) is 7.99. The van der Waals surface area contributed by atoms with Gasteiger partial charge in [0.2, 0.25) is 5.95 Å². The maximum atomic E-state index is 6.13. The fourth-order valence-corrected chi connectivity index (χ4v) is 2.50. The van der Waals surface area contributed by atoms with Gasteiger partial charge in [-0.05, 0) is 42.3 Å². The van der Waals surface area contributed by atoms with Gasteiger partial charge in [-0.25, -0.2) is 4.98 Å². The fourth-order valence-electron chi connectivity index (χ4n) is 2.19. The lowest BCUT2D eigenvalue weighted by molar-refractivity contribution is 1.00. The van der Waals surface area contributed by atoms with Gasteiger partial charge >= 0.3 is 0 Å².